The molecule has 3 aliphatic heterocycles. The molecule has 4 atom stereocenters. The zero-order valence-electron chi connectivity index (χ0n) is 9.82. The number of ether oxygens (including phenoxy) is 2. The van der Waals surface area contributed by atoms with Crippen LogP contribution in [-0.4, -0.2) is 35.8 Å². The summed E-state index contributed by atoms with van der Waals surface area (Å²) in [5.74, 6) is -1.62. The second-order valence-corrected chi connectivity index (χ2v) is 5.31. The van der Waals surface area contributed by atoms with Gasteiger partial charge in [0.05, 0.1) is 12.7 Å². The molecule has 0 aromatic rings. The van der Waals surface area contributed by atoms with E-state index in [1.165, 1.54) is 6.92 Å². The minimum atomic E-state index is -1.26. The van der Waals surface area contributed by atoms with E-state index in [4.69, 9.17) is 9.47 Å². The molecule has 3 aliphatic rings. The van der Waals surface area contributed by atoms with E-state index in [0.29, 0.717) is 13.0 Å². The van der Waals surface area contributed by atoms with Crippen molar-refractivity contribution in [3.05, 3.63) is 0 Å². The van der Waals surface area contributed by atoms with Gasteiger partial charge in [-0.15, -0.1) is 0 Å². The molecule has 3 rings (SSSR count). The highest BCUT2D eigenvalue weighted by atomic mass is 16.6. The van der Waals surface area contributed by atoms with Crippen molar-refractivity contribution < 1.29 is 23.9 Å². The summed E-state index contributed by atoms with van der Waals surface area (Å²) in [7, 11) is 0. The summed E-state index contributed by atoms with van der Waals surface area (Å²) in [4.78, 5) is 35.4. The van der Waals surface area contributed by atoms with Crippen LogP contribution in [0.2, 0.25) is 0 Å². The molecule has 3 fully saturated rings. The number of carbonyl (C=O) groups is 3. The first kappa shape index (κ1) is 10.9. The van der Waals surface area contributed by atoms with Crippen LogP contribution in [0.5, 0.6) is 0 Å². The zero-order chi connectivity index (χ0) is 12.4. The van der Waals surface area contributed by atoms with Crippen LogP contribution in [0.3, 0.4) is 0 Å². The SMILES string of the molecule is CC(=O)C(=O)[C@@]12CC[C@@H](O1)[C@H]1COC(=O)[C@@]12C. The van der Waals surface area contributed by atoms with Gasteiger partial charge in [0.25, 0.3) is 0 Å². The molecule has 5 nitrogen and oxygen atoms in total. The third-order valence-electron chi connectivity index (χ3n) is 4.67. The van der Waals surface area contributed by atoms with Crippen LogP contribution in [0, 0.1) is 11.3 Å². The van der Waals surface area contributed by atoms with E-state index in [-0.39, 0.29) is 12.0 Å². The number of rotatable bonds is 2. The number of esters is 1. The molecule has 3 heterocycles. The first-order valence-corrected chi connectivity index (χ1v) is 5.84. The molecule has 0 saturated carbocycles. The summed E-state index contributed by atoms with van der Waals surface area (Å²) >= 11 is 0. The molecule has 2 bridgehead atoms. The minimum absolute atomic E-state index is 0.0907. The van der Waals surface area contributed by atoms with Gasteiger partial charge in [-0.3, -0.25) is 14.4 Å². The highest BCUT2D eigenvalue weighted by molar-refractivity contribution is 6.40. The lowest BCUT2D eigenvalue weighted by atomic mass is 9.60. The van der Waals surface area contributed by atoms with Crippen molar-refractivity contribution >= 4 is 17.5 Å². The Labute approximate surface area is 98.4 Å². The summed E-state index contributed by atoms with van der Waals surface area (Å²) < 4.78 is 10.8. The van der Waals surface area contributed by atoms with Crippen LogP contribution in [0.15, 0.2) is 0 Å². The summed E-state index contributed by atoms with van der Waals surface area (Å²) in [6.45, 7) is 3.23. The molecule has 0 aromatic heterocycles. The van der Waals surface area contributed by atoms with Crippen LogP contribution < -0.4 is 0 Å². The Morgan fingerprint density at radius 3 is 2.76 bits per heavy atom. The number of fused-ring (bicyclic) bond motifs is 5. The molecule has 0 N–H and O–H groups in total. The number of carbonyl (C=O) groups excluding carboxylic acids is 3. The minimum Gasteiger partial charge on any atom is -0.465 e. The van der Waals surface area contributed by atoms with Crippen LogP contribution in [-0.2, 0) is 23.9 Å². The Kier molecular flexibility index (Phi) is 1.90. The van der Waals surface area contributed by atoms with E-state index in [2.05, 4.69) is 0 Å². The first-order valence-electron chi connectivity index (χ1n) is 5.84. The molecule has 0 spiro atoms. The number of hydrogen-bond acceptors (Lipinski definition) is 5. The molecule has 17 heavy (non-hydrogen) atoms. The van der Waals surface area contributed by atoms with Crippen LogP contribution in [0.1, 0.15) is 26.7 Å². The van der Waals surface area contributed by atoms with E-state index in [9.17, 15) is 14.4 Å². The van der Waals surface area contributed by atoms with Crippen molar-refractivity contribution in [3.63, 3.8) is 0 Å². The van der Waals surface area contributed by atoms with Gasteiger partial charge in [0.15, 0.2) is 11.4 Å². The Bertz CT molecular complexity index is 442. The van der Waals surface area contributed by atoms with Gasteiger partial charge in [-0.2, -0.15) is 0 Å². The quantitative estimate of drug-likeness (QED) is 0.509. The summed E-state index contributed by atoms with van der Waals surface area (Å²) in [5.41, 5.74) is -2.24. The van der Waals surface area contributed by atoms with Gasteiger partial charge in [0.2, 0.25) is 5.78 Å². The van der Waals surface area contributed by atoms with Crippen molar-refractivity contribution in [1.82, 2.24) is 0 Å². The van der Waals surface area contributed by atoms with Gasteiger partial charge in [0, 0.05) is 12.8 Å². The predicted octanol–water partition coefficient (Wildman–Crippen LogP) is 0.255. The van der Waals surface area contributed by atoms with Crippen molar-refractivity contribution in [3.8, 4) is 0 Å². The molecule has 0 aromatic carbocycles. The second kappa shape index (κ2) is 2.96. The van der Waals surface area contributed by atoms with E-state index >= 15 is 0 Å². The van der Waals surface area contributed by atoms with Gasteiger partial charge >= 0.3 is 5.97 Å². The predicted molar refractivity (Wildman–Crippen MR) is 55.1 cm³/mol. The second-order valence-electron chi connectivity index (χ2n) is 5.31. The molecule has 0 amide bonds. The van der Waals surface area contributed by atoms with E-state index in [0.717, 1.165) is 6.42 Å². The molecule has 3 saturated heterocycles. The number of Topliss-reactive ketones (excluding diaryl/α,β-unsaturated/α-hetero) is 2. The maximum atomic E-state index is 12.1. The zero-order valence-corrected chi connectivity index (χ0v) is 9.82. The van der Waals surface area contributed by atoms with E-state index in [1.54, 1.807) is 6.92 Å². The molecule has 0 radical (unpaired) electrons. The lowest BCUT2D eigenvalue weighted by Gasteiger charge is -2.36. The fourth-order valence-corrected chi connectivity index (χ4v) is 3.65. The normalized spacial score (nSPS) is 46.8. The maximum absolute atomic E-state index is 12.1. The molecule has 5 heteroatoms. The molecule has 0 aliphatic carbocycles. The van der Waals surface area contributed by atoms with Crippen LogP contribution >= 0.6 is 0 Å². The van der Waals surface area contributed by atoms with Crippen molar-refractivity contribution in [2.45, 2.75) is 38.4 Å². The molecule has 0 unspecified atom stereocenters. The van der Waals surface area contributed by atoms with Gasteiger partial charge in [0.1, 0.15) is 5.41 Å². The van der Waals surface area contributed by atoms with Gasteiger partial charge < -0.3 is 9.47 Å². The lowest BCUT2D eigenvalue weighted by molar-refractivity contribution is -0.166. The summed E-state index contributed by atoms with van der Waals surface area (Å²) in [5, 5.41) is 0. The summed E-state index contributed by atoms with van der Waals surface area (Å²) in [6, 6.07) is 0. The van der Waals surface area contributed by atoms with Crippen LogP contribution in [0.25, 0.3) is 0 Å². The standard InChI is InChI=1S/C12H14O5/c1-6(13)9(14)12-4-3-8(17-12)7-5-16-10(15)11(7,12)2/h7-8H,3-5H2,1-2H3/t7-,8-,11-,12-/m1/s1. The number of ketones is 2. The Hall–Kier alpha value is -1.23. The average molecular weight is 238 g/mol. The topological polar surface area (TPSA) is 69.7 Å². The van der Waals surface area contributed by atoms with Crippen molar-refractivity contribution in [1.29, 1.82) is 0 Å². The van der Waals surface area contributed by atoms with Gasteiger partial charge in [-0.1, -0.05) is 0 Å². The van der Waals surface area contributed by atoms with Gasteiger partial charge in [-0.25, -0.2) is 0 Å². The third-order valence-corrected chi connectivity index (χ3v) is 4.67. The summed E-state index contributed by atoms with van der Waals surface area (Å²) in [6.07, 6.45) is 1.03. The molecular formula is C12H14O5. The van der Waals surface area contributed by atoms with E-state index in [1.807, 2.05) is 0 Å². The van der Waals surface area contributed by atoms with Crippen molar-refractivity contribution in [2.75, 3.05) is 6.61 Å². The smallest absolute Gasteiger partial charge is 0.315 e. The first-order chi connectivity index (χ1) is 7.93. The fourth-order valence-electron chi connectivity index (χ4n) is 3.65. The fraction of sp³-hybridized carbons (Fsp3) is 0.750. The largest absolute Gasteiger partial charge is 0.465 e. The van der Waals surface area contributed by atoms with Crippen LogP contribution in [0.4, 0.5) is 0 Å². The highest BCUT2D eigenvalue weighted by Gasteiger charge is 2.76. The highest BCUT2D eigenvalue weighted by Crippen LogP contribution is 2.62. The molecular weight excluding hydrogens is 224 g/mol. The Balaban J connectivity index is 2.13. The average Bonchev–Trinajstić information content (AvgIpc) is 2.89. The monoisotopic (exact) mass is 238 g/mol. The third kappa shape index (κ3) is 0.972. The Morgan fingerprint density at radius 1 is 1.41 bits per heavy atom. The maximum Gasteiger partial charge on any atom is 0.315 e. The van der Waals surface area contributed by atoms with Gasteiger partial charge in [-0.05, 0) is 19.8 Å². The van der Waals surface area contributed by atoms with Crippen molar-refractivity contribution in [2.24, 2.45) is 11.3 Å². The Morgan fingerprint density at radius 2 is 2.12 bits per heavy atom. The van der Waals surface area contributed by atoms with E-state index < -0.39 is 28.6 Å². The number of hydrogen-bond donors (Lipinski definition) is 0. The number of cyclic esters (lactones) is 1. The lowest BCUT2D eigenvalue weighted by Crippen LogP contribution is -2.56. The molecule has 92 valence electrons.